The van der Waals surface area contributed by atoms with E-state index in [1.807, 2.05) is 6.92 Å². The molecule has 0 atom stereocenters. The molecule has 0 radical (unpaired) electrons. The van der Waals surface area contributed by atoms with Gasteiger partial charge in [0.05, 0.1) is 7.11 Å². The summed E-state index contributed by atoms with van der Waals surface area (Å²) in [5.41, 5.74) is 7.62. The van der Waals surface area contributed by atoms with Gasteiger partial charge < -0.3 is 10.5 Å². The van der Waals surface area contributed by atoms with Crippen LogP contribution in [-0.2, 0) is 0 Å². The summed E-state index contributed by atoms with van der Waals surface area (Å²) >= 11 is 0. The van der Waals surface area contributed by atoms with Gasteiger partial charge in [-0.2, -0.15) is 0 Å². The van der Waals surface area contributed by atoms with Gasteiger partial charge in [-0.1, -0.05) is 0 Å². The minimum absolute atomic E-state index is 0.202. The Labute approximate surface area is 92.6 Å². The fourth-order valence-corrected chi connectivity index (χ4v) is 1.33. The molecule has 0 unspecified atom stereocenters. The Hall–Kier alpha value is -2.24. The van der Waals surface area contributed by atoms with Gasteiger partial charge in [0.15, 0.2) is 5.69 Å². The first-order valence-corrected chi connectivity index (χ1v) is 4.67. The maximum Gasteiger partial charge on any atom is 0.241 e. The molecule has 82 valence electrons. The Kier molecular flexibility index (Phi) is 2.63. The van der Waals surface area contributed by atoms with Crippen LogP contribution >= 0.6 is 0 Å². The molecular formula is C10H11N5O. The maximum atomic E-state index is 5.55. The van der Waals surface area contributed by atoms with Crippen molar-refractivity contribution in [3.63, 3.8) is 0 Å². The number of ether oxygens (including phenoxy) is 1. The average molecular weight is 217 g/mol. The Morgan fingerprint density at radius 2 is 1.88 bits per heavy atom. The summed E-state index contributed by atoms with van der Waals surface area (Å²) in [6, 6.07) is 0. The molecule has 0 amide bonds. The Balaban J connectivity index is 2.62. The maximum absolute atomic E-state index is 5.55. The quantitative estimate of drug-likeness (QED) is 0.801. The molecule has 0 saturated carbocycles. The normalized spacial score (nSPS) is 10.1. The number of hydrogen-bond acceptors (Lipinski definition) is 6. The van der Waals surface area contributed by atoms with Gasteiger partial charge in [-0.3, -0.25) is 0 Å². The molecule has 16 heavy (non-hydrogen) atoms. The predicted molar refractivity (Wildman–Crippen MR) is 58.8 cm³/mol. The second kappa shape index (κ2) is 4.09. The van der Waals surface area contributed by atoms with Gasteiger partial charge in [-0.25, -0.2) is 19.9 Å². The number of nitrogens with two attached hydrogens (primary N) is 1. The van der Waals surface area contributed by atoms with E-state index in [2.05, 4.69) is 19.9 Å². The lowest BCUT2D eigenvalue weighted by atomic mass is 10.2. The van der Waals surface area contributed by atoms with Gasteiger partial charge in [-0.05, 0) is 12.5 Å². The minimum atomic E-state index is 0.202. The Morgan fingerprint density at radius 1 is 1.12 bits per heavy atom. The highest BCUT2D eigenvalue weighted by atomic mass is 16.5. The molecule has 2 heterocycles. The molecule has 0 aliphatic rings. The molecule has 0 aromatic carbocycles. The summed E-state index contributed by atoms with van der Waals surface area (Å²) in [5, 5.41) is 0. The van der Waals surface area contributed by atoms with Crippen molar-refractivity contribution in [3.8, 4) is 17.3 Å². The van der Waals surface area contributed by atoms with Gasteiger partial charge in [0, 0.05) is 18.6 Å². The zero-order valence-corrected chi connectivity index (χ0v) is 9.01. The molecule has 6 heteroatoms. The number of anilines is 1. The summed E-state index contributed by atoms with van der Waals surface area (Å²) in [5.74, 6) is 0.622. The van der Waals surface area contributed by atoms with Crippen LogP contribution in [0.2, 0.25) is 0 Å². The molecule has 0 spiro atoms. The van der Waals surface area contributed by atoms with Crippen LogP contribution in [0.25, 0.3) is 11.4 Å². The third-order valence-electron chi connectivity index (χ3n) is 2.07. The molecule has 2 N–H and O–H groups in total. The SMILES string of the molecule is COc1nccnc1-c1nc(N)ncc1C. The smallest absolute Gasteiger partial charge is 0.241 e. The molecular weight excluding hydrogens is 206 g/mol. The van der Waals surface area contributed by atoms with E-state index >= 15 is 0 Å². The molecule has 2 aromatic heterocycles. The van der Waals surface area contributed by atoms with Crippen LogP contribution in [0.3, 0.4) is 0 Å². The zero-order valence-electron chi connectivity index (χ0n) is 9.01. The lowest BCUT2D eigenvalue weighted by Crippen LogP contribution is -2.01. The molecule has 0 aliphatic carbocycles. The van der Waals surface area contributed by atoms with E-state index < -0.39 is 0 Å². The number of hydrogen-bond donors (Lipinski definition) is 1. The van der Waals surface area contributed by atoms with E-state index in [0.717, 1.165) is 5.56 Å². The summed E-state index contributed by atoms with van der Waals surface area (Å²) in [7, 11) is 1.54. The Morgan fingerprint density at radius 3 is 2.62 bits per heavy atom. The number of nitrogens with zero attached hydrogens (tertiary/aromatic N) is 4. The van der Waals surface area contributed by atoms with E-state index in [9.17, 15) is 0 Å². The predicted octanol–water partition coefficient (Wildman–Crippen LogP) is 0.833. The van der Waals surface area contributed by atoms with Crippen LogP contribution in [0.1, 0.15) is 5.56 Å². The second-order valence-electron chi connectivity index (χ2n) is 3.17. The van der Waals surface area contributed by atoms with Crippen LogP contribution in [0.15, 0.2) is 18.6 Å². The van der Waals surface area contributed by atoms with Crippen molar-refractivity contribution in [2.75, 3.05) is 12.8 Å². The highest BCUT2D eigenvalue weighted by Crippen LogP contribution is 2.25. The van der Waals surface area contributed by atoms with Crippen molar-refractivity contribution >= 4 is 5.95 Å². The van der Waals surface area contributed by atoms with Crippen molar-refractivity contribution in [1.29, 1.82) is 0 Å². The van der Waals surface area contributed by atoms with Crippen LogP contribution < -0.4 is 10.5 Å². The summed E-state index contributed by atoms with van der Waals surface area (Å²) in [4.78, 5) is 16.3. The van der Waals surface area contributed by atoms with E-state index in [-0.39, 0.29) is 5.95 Å². The van der Waals surface area contributed by atoms with Crippen LogP contribution in [0.4, 0.5) is 5.95 Å². The first kappa shape index (κ1) is 10.3. The number of aromatic nitrogens is 4. The number of aryl methyl sites for hydroxylation is 1. The van der Waals surface area contributed by atoms with Crippen LogP contribution in [0, 0.1) is 6.92 Å². The molecule has 6 nitrogen and oxygen atoms in total. The van der Waals surface area contributed by atoms with E-state index in [1.54, 1.807) is 18.6 Å². The number of methoxy groups -OCH3 is 1. The van der Waals surface area contributed by atoms with Gasteiger partial charge in [0.2, 0.25) is 11.8 Å². The van der Waals surface area contributed by atoms with Crippen molar-refractivity contribution in [3.05, 3.63) is 24.2 Å². The topological polar surface area (TPSA) is 86.8 Å². The lowest BCUT2D eigenvalue weighted by Gasteiger charge is -2.07. The average Bonchev–Trinajstić information content (AvgIpc) is 2.32. The van der Waals surface area contributed by atoms with Gasteiger partial charge in [0.1, 0.15) is 5.69 Å². The monoisotopic (exact) mass is 217 g/mol. The number of rotatable bonds is 2. The minimum Gasteiger partial charge on any atom is -0.479 e. The molecule has 0 aliphatic heterocycles. The van der Waals surface area contributed by atoms with Crippen LogP contribution in [0.5, 0.6) is 5.88 Å². The summed E-state index contributed by atoms with van der Waals surface area (Å²) < 4.78 is 5.12. The summed E-state index contributed by atoms with van der Waals surface area (Å²) in [6.45, 7) is 1.88. The van der Waals surface area contributed by atoms with Crippen LogP contribution in [-0.4, -0.2) is 27.0 Å². The molecule has 0 fully saturated rings. The lowest BCUT2D eigenvalue weighted by molar-refractivity contribution is 0.397. The fourth-order valence-electron chi connectivity index (χ4n) is 1.33. The van der Waals surface area contributed by atoms with Crippen molar-refractivity contribution in [2.45, 2.75) is 6.92 Å². The van der Waals surface area contributed by atoms with Gasteiger partial charge >= 0.3 is 0 Å². The third-order valence-corrected chi connectivity index (χ3v) is 2.07. The Bertz CT molecular complexity index is 514. The first-order chi connectivity index (χ1) is 7.72. The van der Waals surface area contributed by atoms with E-state index in [0.29, 0.717) is 17.3 Å². The first-order valence-electron chi connectivity index (χ1n) is 4.67. The molecule has 0 bridgehead atoms. The van der Waals surface area contributed by atoms with Gasteiger partial charge in [-0.15, -0.1) is 0 Å². The molecule has 2 rings (SSSR count). The highest BCUT2D eigenvalue weighted by molar-refractivity contribution is 5.63. The standard InChI is InChI=1S/C10H11N5O/c1-6-5-14-10(11)15-7(6)8-9(16-2)13-4-3-12-8/h3-5H,1-2H3,(H2,11,14,15). The second-order valence-corrected chi connectivity index (χ2v) is 3.17. The van der Waals surface area contributed by atoms with Crippen molar-refractivity contribution in [2.24, 2.45) is 0 Å². The van der Waals surface area contributed by atoms with E-state index in [1.165, 1.54) is 7.11 Å². The highest BCUT2D eigenvalue weighted by Gasteiger charge is 2.12. The molecule has 0 saturated heterocycles. The molecule has 2 aromatic rings. The van der Waals surface area contributed by atoms with Crippen molar-refractivity contribution < 1.29 is 4.74 Å². The number of nitrogen functional groups attached to an aromatic ring is 1. The van der Waals surface area contributed by atoms with Gasteiger partial charge in [0.25, 0.3) is 0 Å². The van der Waals surface area contributed by atoms with Crippen molar-refractivity contribution in [1.82, 2.24) is 19.9 Å². The summed E-state index contributed by atoms with van der Waals surface area (Å²) in [6.07, 6.45) is 4.78. The largest absolute Gasteiger partial charge is 0.479 e. The third kappa shape index (κ3) is 1.77. The fraction of sp³-hybridized carbons (Fsp3) is 0.200. The zero-order chi connectivity index (χ0) is 11.5. The van der Waals surface area contributed by atoms with E-state index in [4.69, 9.17) is 10.5 Å².